The number of thiophene rings is 1. The molecule has 0 aliphatic heterocycles. The zero-order valence-electron chi connectivity index (χ0n) is 16.4. The molecule has 0 bridgehead atoms. The van der Waals surface area contributed by atoms with Crippen molar-refractivity contribution < 1.29 is 14.4 Å². The maximum Gasteiger partial charge on any atom is 0.232 e. The third kappa shape index (κ3) is 4.07. The van der Waals surface area contributed by atoms with Crippen LogP contribution in [0.1, 0.15) is 0 Å². The number of nitrogens with two attached hydrogens (primary N) is 1. The van der Waals surface area contributed by atoms with Crippen LogP contribution >= 0.6 is 11.3 Å². The SMILES string of the molecule is COCC[S+]([O-])c1sc2nc(-c3cnn(CCO)c3)cc(-c3ccccc3)c2c1N. The van der Waals surface area contributed by atoms with E-state index < -0.39 is 11.2 Å². The summed E-state index contributed by atoms with van der Waals surface area (Å²) in [5.41, 5.74) is 10.5. The van der Waals surface area contributed by atoms with Crippen LogP contribution in [-0.2, 0) is 22.5 Å². The molecule has 4 rings (SSSR count). The average Bonchev–Trinajstić information content (AvgIpc) is 3.37. The summed E-state index contributed by atoms with van der Waals surface area (Å²) in [6, 6.07) is 11.9. The largest absolute Gasteiger partial charge is 0.611 e. The minimum atomic E-state index is -1.26. The van der Waals surface area contributed by atoms with Gasteiger partial charge in [0.25, 0.3) is 0 Å². The Hall–Kier alpha value is -2.43. The van der Waals surface area contributed by atoms with Gasteiger partial charge in [0.05, 0.1) is 31.6 Å². The Labute approximate surface area is 181 Å². The molecule has 0 radical (unpaired) electrons. The maximum atomic E-state index is 12.8. The number of anilines is 1. The Morgan fingerprint density at radius 2 is 2.07 bits per heavy atom. The van der Waals surface area contributed by atoms with Crippen molar-refractivity contribution in [3.05, 3.63) is 48.8 Å². The first-order valence-electron chi connectivity index (χ1n) is 9.41. The number of rotatable bonds is 8. The summed E-state index contributed by atoms with van der Waals surface area (Å²) in [5, 5.41) is 14.3. The molecule has 0 aliphatic rings. The normalized spacial score (nSPS) is 12.5. The molecule has 0 amide bonds. The van der Waals surface area contributed by atoms with Gasteiger partial charge in [-0.1, -0.05) is 41.7 Å². The number of nitrogens with zero attached hydrogens (tertiary/aromatic N) is 3. The monoisotopic (exact) mass is 442 g/mol. The van der Waals surface area contributed by atoms with Crippen LogP contribution in [0.2, 0.25) is 0 Å². The van der Waals surface area contributed by atoms with E-state index in [1.807, 2.05) is 42.6 Å². The molecule has 0 saturated carbocycles. The Morgan fingerprint density at radius 3 is 2.80 bits per heavy atom. The van der Waals surface area contributed by atoms with Crippen molar-refractivity contribution in [2.24, 2.45) is 0 Å². The van der Waals surface area contributed by atoms with E-state index in [-0.39, 0.29) is 6.61 Å². The van der Waals surface area contributed by atoms with Gasteiger partial charge in [-0.2, -0.15) is 5.10 Å². The van der Waals surface area contributed by atoms with Gasteiger partial charge in [-0.3, -0.25) is 4.68 Å². The van der Waals surface area contributed by atoms with E-state index in [0.29, 0.717) is 28.8 Å². The first-order chi connectivity index (χ1) is 14.6. The Morgan fingerprint density at radius 1 is 1.27 bits per heavy atom. The number of nitrogen functional groups attached to an aromatic ring is 1. The quantitative estimate of drug-likeness (QED) is 0.406. The number of aliphatic hydroxyl groups excluding tert-OH is 1. The summed E-state index contributed by atoms with van der Waals surface area (Å²) in [7, 11) is 1.59. The zero-order valence-corrected chi connectivity index (χ0v) is 18.1. The molecule has 156 valence electrons. The van der Waals surface area contributed by atoms with Crippen LogP contribution in [0.15, 0.2) is 53.0 Å². The van der Waals surface area contributed by atoms with Gasteiger partial charge in [0, 0.05) is 35.4 Å². The fourth-order valence-electron chi connectivity index (χ4n) is 3.24. The molecule has 3 aromatic heterocycles. The highest BCUT2D eigenvalue weighted by molar-refractivity contribution is 7.93. The number of aliphatic hydroxyl groups is 1. The van der Waals surface area contributed by atoms with Crippen molar-refractivity contribution in [3.8, 4) is 22.4 Å². The summed E-state index contributed by atoms with van der Waals surface area (Å²) in [6.07, 6.45) is 3.58. The molecule has 0 fully saturated rings. The smallest absolute Gasteiger partial charge is 0.232 e. The molecule has 0 aliphatic carbocycles. The number of methoxy groups -OCH3 is 1. The standard InChI is InChI=1S/C21H22N4O3S2/c1-28-9-10-30(27)21-19(22)18-16(14-5-3-2-4-6-14)11-17(24-20(18)29-21)15-12-23-25(13-15)7-8-26/h2-6,11-13,26H,7-10,22H2,1H3. The fraction of sp³-hybridized carbons (Fsp3) is 0.238. The molecule has 1 unspecified atom stereocenters. The average molecular weight is 443 g/mol. The van der Waals surface area contributed by atoms with Crippen LogP contribution in [0, 0.1) is 0 Å². The van der Waals surface area contributed by atoms with Gasteiger partial charge in [-0.05, 0) is 17.2 Å². The molecule has 1 aromatic carbocycles. The maximum absolute atomic E-state index is 12.8. The molecule has 30 heavy (non-hydrogen) atoms. The summed E-state index contributed by atoms with van der Waals surface area (Å²) < 4.78 is 20.1. The lowest BCUT2D eigenvalue weighted by Gasteiger charge is -2.09. The molecule has 7 nitrogen and oxygen atoms in total. The Balaban J connectivity index is 1.88. The molecule has 4 aromatic rings. The van der Waals surface area contributed by atoms with E-state index in [4.69, 9.17) is 20.6 Å². The Kier molecular flexibility index (Phi) is 6.35. The van der Waals surface area contributed by atoms with Crippen LogP contribution in [-0.4, -0.2) is 50.5 Å². The van der Waals surface area contributed by atoms with Crippen molar-refractivity contribution in [2.75, 3.05) is 31.8 Å². The first-order valence-corrected chi connectivity index (χ1v) is 11.6. The minimum absolute atomic E-state index is 0.0148. The molecule has 1 atom stereocenters. The lowest BCUT2D eigenvalue weighted by molar-refractivity contribution is 0.217. The number of aromatic nitrogens is 3. The molecule has 0 saturated heterocycles. The highest BCUT2D eigenvalue weighted by atomic mass is 32.2. The topological polar surface area (TPSA) is 109 Å². The van der Waals surface area contributed by atoms with Crippen LogP contribution in [0.3, 0.4) is 0 Å². The third-order valence-electron chi connectivity index (χ3n) is 4.69. The summed E-state index contributed by atoms with van der Waals surface area (Å²) in [5.74, 6) is 0.384. The molecular formula is C21H22N4O3S2. The number of pyridine rings is 1. The van der Waals surface area contributed by atoms with Gasteiger partial charge in [0.2, 0.25) is 4.21 Å². The summed E-state index contributed by atoms with van der Waals surface area (Å²) >= 11 is 0.101. The van der Waals surface area contributed by atoms with Gasteiger partial charge < -0.3 is 20.1 Å². The van der Waals surface area contributed by atoms with Gasteiger partial charge in [-0.15, -0.1) is 0 Å². The van der Waals surface area contributed by atoms with Gasteiger partial charge in [0.15, 0.2) is 0 Å². The van der Waals surface area contributed by atoms with Crippen molar-refractivity contribution in [1.29, 1.82) is 0 Å². The highest BCUT2D eigenvalue weighted by Crippen LogP contribution is 2.43. The van der Waals surface area contributed by atoms with Crippen LogP contribution in [0.5, 0.6) is 0 Å². The van der Waals surface area contributed by atoms with Crippen molar-refractivity contribution >= 4 is 38.4 Å². The van der Waals surface area contributed by atoms with Crippen molar-refractivity contribution in [2.45, 2.75) is 10.8 Å². The van der Waals surface area contributed by atoms with Gasteiger partial charge in [-0.25, -0.2) is 4.98 Å². The third-order valence-corrected chi connectivity index (χ3v) is 7.56. The number of hydrogen-bond acceptors (Lipinski definition) is 7. The fourth-order valence-corrected chi connectivity index (χ4v) is 5.80. The van der Waals surface area contributed by atoms with Crippen LogP contribution in [0.4, 0.5) is 5.69 Å². The molecule has 9 heteroatoms. The van der Waals surface area contributed by atoms with Crippen LogP contribution in [0.25, 0.3) is 32.6 Å². The second-order valence-corrected chi connectivity index (χ2v) is 9.43. The molecule has 0 spiro atoms. The number of ether oxygens (including phenoxy) is 1. The number of benzene rings is 1. The molecular weight excluding hydrogens is 420 g/mol. The van der Waals surface area contributed by atoms with Gasteiger partial charge >= 0.3 is 0 Å². The van der Waals surface area contributed by atoms with E-state index in [2.05, 4.69) is 5.10 Å². The molecule has 3 heterocycles. The van der Waals surface area contributed by atoms with Gasteiger partial charge in [0.1, 0.15) is 16.3 Å². The lowest BCUT2D eigenvalue weighted by Crippen LogP contribution is -2.11. The van der Waals surface area contributed by atoms with E-state index in [9.17, 15) is 4.55 Å². The van der Waals surface area contributed by atoms with E-state index in [1.54, 1.807) is 18.0 Å². The van der Waals surface area contributed by atoms with E-state index in [0.717, 1.165) is 32.6 Å². The zero-order chi connectivity index (χ0) is 21.1. The van der Waals surface area contributed by atoms with Crippen molar-refractivity contribution in [3.63, 3.8) is 0 Å². The minimum Gasteiger partial charge on any atom is -0.611 e. The number of fused-ring (bicyclic) bond motifs is 1. The first kappa shape index (κ1) is 20.8. The second kappa shape index (κ2) is 9.15. The molecule has 3 N–H and O–H groups in total. The second-order valence-electron chi connectivity index (χ2n) is 6.66. The van der Waals surface area contributed by atoms with Crippen molar-refractivity contribution in [1.82, 2.24) is 14.8 Å². The van der Waals surface area contributed by atoms with E-state index in [1.165, 1.54) is 11.3 Å². The highest BCUT2D eigenvalue weighted by Gasteiger charge is 2.25. The number of hydrogen-bond donors (Lipinski definition) is 2. The van der Waals surface area contributed by atoms with E-state index >= 15 is 0 Å². The summed E-state index contributed by atoms with van der Waals surface area (Å²) in [4.78, 5) is 5.54. The Bertz CT molecular complexity index is 1140. The van der Waals surface area contributed by atoms with Crippen LogP contribution < -0.4 is 5.73 Å². The predicted molar refractivity (Wildman–Crippen MR) is 121 cm³/mol. The predicted octanol–water partition coefficient (Wildman–Crippen LogP) is 3.16. The summed E-state index contributed by atoms with van der Waals surface area (Å²) in [6.45, 7) is 0.831. The lowest BCUT2D eigenvalue weighted by atomic mass is 10.0.